The fourth-order valence-electron chi connectivity index (χ4n) is 1.80. The molecular weight excluding hydrogens is 194 g/mol. The second kappa shape index (κ2) is 4.91. The fourth-order valence-corrected chi connectivity index (χ4v) is 2.46. The van der Waals surface area contributed by atoms with Crippen LogP contribution in [0.15, 0.2) is 17.5 Å². The van der Waals surface area contributed by atoms with Gasteiger partial charge in [0.15, 0.2) is 0 Å². The molecule has 0 bridgehead atoms. The number of hydrogen-bond donors (Lipinski definition) is 1. The molecule has 1 fully saturated rings. The van der Waals surface area contributed by atoms with Crippen LogP contribution in [-0.4, -0.2) is 18.8 Å². The molecule has 0 spiro atoms. The van der Waals surface area contributed by atoms with Gasteiger partial charge in [-0.25, -0.2) is 0 Å². The highest BCUT2D eigenvalue weighted by atomic mass is 32.1. The predicted octanol–water partition coefficient (Wildman–Crippen LogP) is 2.41. The van der Waals surface area contributed by atoms with E-state index >= 15 is 0 Å². The Kier molecular flexibility index (Phi) is 3.56. The molecule has 2 heterocycles. The average molecular weight is 211 g/mol. The van der Waals surface area contributed by atoms with Gasteiger partial charge in [-0.3, -0.25) is 0 Å². The van der Waals surface area contributed by atoms with Crippen LogP contribution in [0.3, 0.4) is 0 Å². The van der Waals surface area contributed by atoms with E-state index in [4.69, 9.17) is 4.74 Å². The molecular formula is C11H17NOS. The van der Waals surface area contributed by atoms with Crippen molar-refractivity contribution in [2.24, 2.45) is 0 Å². The van der Waals surface area contributed by atoms with Crippen molar-refractivity contribution in [3.05, 3.63) is 22.4 Å². The van der Waals surface area contributed by atoms with E-state index < -0.39 is 0 Å². The van der Waals surface area contributed by atoms with E-state index in [1.165, 1.54) is 17.7 Å². The van der Waals surface area contributed by atoms with Gasteiger partial charge in [-0.2, -0.15) is 0 Å². The zero-order valence-corrected chi connectivity index (χ0v) is 9.35. The van der Waals surface area contributed by atoms with Crippen molar-refractivity contribution >= 4 is 11.3 Å². The van der Waals surface area contributed by atoms with Crippen molar-refractivity contribution in [2.45, 2.75) is 38.5 Å². The standard InChI is InChI=1S/C11H17NOS/c1-9(11-5-2-6-13-11)12-8-10-4-3-7-14-10/h3-4,7,9,11-12H,2,5-6,8H2,1H3. The number of thiophene rings is 1. The molecule has 2 atom stereocenters. The van der Waals surface area contributed by atoms with Crippen LogP contribution in [0.1, 0.15) is 24.6 Å². The Morgan fingerprint density at radius 2 is 2.64 bits per heavy atom. The van der Waals surface area contributed by atoms with Gasteiger partial charge in [0.25, 0.3) is 0 Å². The van der Waals surface area contributed by atoms with Crippen LogP contribution in [0.2, 0.25) is 0 Å². The van der Waals surface area contributed by atoms with Gasteiger partial charge in [0, 0.05) is 24.1 Å². The molecule has 0 amide bonds. The molecule has 3 heteroatoms. The molecule has 1 aliphatic heterocycles. The third kappa shape index (κ3) is 2.56. The van der Waals surface area contributed by atoms with Crippen molar-refractivity contribution in [1.29, 1.82) is 0 Å². The molecule has 2 unspecified atom stereocenters. The molecule has 1 N–H and O–H groups in total. The Morgan fingerprint density at radius 3 is 3.29 bits per heavy atom. The first-order chi connectivity index (χ1) is 6.86. The summed E-state index contributed by atoms with van der Waals surface area (Å²) in [7, 11) is 0. The summed E-state index contributed by atoms with van der Waals surface area (Å²) in [6.45, 7) is 4.12. The fraction of sp³-hybridized carbons (Fsp3) is 0.636. The summed E-state index contributed by atoms with van der Waals surface area (Å²) in [5.41, 5.74) is 0. The first kappa shape index (κ1) is 10.1. The minimum absolute atomic E-state index is 0.426. The van der Waals surface area contributed by atoms with Gasteiger partial charge in [0.05, 0.1) is 6.10 Å². The highest BCUT2D eigenvalue weighted by Gasteiger charge is 2.21. The monoisotopic (exact) mass is 211 g/mol. The second-order valence-corrected chi connectivity index (χ2v) is 4.83. The van der Waals surface area contributed by atoms with E-state index in [0.29, 0.717) is 12.1 Å². The Morgan fingerprint density at radius 1 is 1.71 bits per heavy atom. The summed E-state index contributed by atoms with van der Waals surface area (Å²) >= 11 is 1.80. The normalized spacial score (nSPS) is 23.9. The lowest BCUT2D eigenvalue weighted by Crippen LogP contribution is -2.36. The summed E-state index contributed by atoms with van der Waals surface area (Å²) in [6.07, 6.45) is 2.85. The van der Waals surface area contributed by atoms with Crippen LogP contribution in [0.5, 0.6) is 0 Å². The summed E-state index contributed by atoms with van der Waals surface area (Å²) in [5, 5.41) is 5.63. The van der Waals surface area contributed by atoms with Gasteiger partial charge in [-0.15, -0.1) is 11.3 Å². The molecule has 14 heavy (non-hydrogen) atoms. The minimum atomic E-state index is 0.426. The smallest absolute Gasteiger partial charge is 0.0726 e. The number of rotatable bonds is 4. The average Bonchev–Trinajstić information content (AvgIpc) is 2.87. The van der Waals surface area contributed by atoms with Gasteiger partial charge in [0.2, 0.25) is 0 Å². The minimum Gasteiger partial charge on any atom is -0.377 e. The zero-order valence-electron chi connectivity index (χ0n) is 8.53. The van der Waals surface area contributed by atoms with Crippen LogP contribution >= 0.6 is 11.3 Å². The van der Waals surface area contributed by atoms with Crippen LogP contribution in [0.25, 0.3) is 0 Å². The maximum absolute atomic E-state index is 5.63. The first-order valence-corrected chi connectivity index (χ1v) is 6.11. The topological polar surface area (TPSA) is 21.3 Å². The Balaban J connectivity index is 1.74. The lowest BCUT2D eigenvalue weighted by atomic mass is 10.1. The number of ether oxygens (including phenoxy) is 1. The third-order valence-corrected chi connectivity index (χ3v) is 3.58. The van der Waals surface area contributed by atoms with Crippen LogP contribution in [0, 0.1) is 0 Å². The highest BCUT2D eigenvalue weighted by Crippen LogP contribution is 2.16. The van der Waals surface area contributed by atoms with Gasteiger partial charge in [0.1, 0.15) is 0 Å². The Labute approximate surface area is 89.3 Å². The summed E-state index contributed by atoms with van der Waals surface area (Å²) in [4.78, 5) is 1.40. The van der Waals surface area contributed by atoms with E-state index in [2.05, 4.69) is 29.8 Å². The molecule has 0 aliphatic carbocycles. The molecule has 78 valence electrons. The van der Waals surface area contributed by atoms with Crippen molar-refractivity contribution in [3.63, 3.8) is 0 Å². The molecule has 1 saturated heterocycles. The largest absolute Gasteiger partial charge is 0.377 e. The lowest BCUT2D eigenvalue weighted by molar-refractivity contribution is 0.0833. The van der Waals surface area contributed by atoms with Gasteiger partial charge in [-0.1, -0.05) is 6.07 Å². The molecule has 1 aromatic rings. The molecule has 0 aromatic carbocycles. The summed E-state index contributed by atoms with van der Waals surface area (Å²) < 4.78 is 5.63. The number of hydrogen-bond acceptors (Lipinski definition) is 3. The molecule has 2 nitrogen and oxygen atoms in total. The van der Waals surface area contributed by atoms with Gasteiger partial charge in [-0.05, 0) is 31.2 Å². The maximum atomic E-state index is 5.63. The van der Waals surface area contributed by atoms with Gasteiger partial charge >= 0.3 is 0 Å². The van der Waals surface area contributed by atoms with E-state index in [-0.39, 0.29) is 0 Å². The van der Waals surface area contributed by atoms with Gasteiger partial charge < -0.3 is 10.1 Å². The first-order valence-electron chi connectivity index (χ1n) is 5.23. The summed E-state index contributed by atoms with van der Waals surface area (Å²) in [5.74, 6) is 0. The van der Waals surface area contributed by atoms with E-state index in [0.717, 1.165) is 13.2 Å². The van der Waals surface area contributed by atoms with Crippen molar-refractivity contribution in [2.75, 3.05) is 6.61 Å². The number of nitrogens with one attached hydrogen (secondary N) is 1. The molecule has 1 aliphatic rings. The molecule has 0 radical (unpaired) electrons. The van der Waals surface area contributed by atoms with Crippen molar-refractivity contribution < 1.29 is 4.74 Å². The lowest BCUT2D eigenvalue weighted by Gasteiger charge is -2.19. The summed E-state index contributed by atoms with van der Waals surface area (Å²) in [6, 6.07) is 4.73. The highest BCUT2D eigenvalue weighted by molar-refractivity contribution is 7.09. The van der Waals surface area contributed by atoms with E-state index in [1.807, 2.05) is 0 Å². The zero-order chi connectivity index (χ0) is 9.80. The SMILES string of the molecule is CC(NCc1cccs1)C1CCCO1. The third-order valence-electron chi connectivity index (χ3n) is 2.70. The molecule has 0 saturated carbocycles. The Hall–Kier alpha value is -0.380. The van der Waals surface area contributed by atoms with Crippen LogP contribution in [-0.2, 0) is 11.3 Å². The molecule has 1 aromatic heterocycles. The van der Waals surface area contributed by atoms with E-state index in [9.17, 15) is 0 Å². The van der Waals surface area contributed by atoms with E-state index in [1.54, 1.807) is 11.3 Å². The predicted molar refractivity (Wildman–Crippen MR) is 59.6 cm³/mol. The quantitative estimate of drug-likeness (QED) is 0.825. The second-order valence-electron chi connectivity index (χ2n) is 3.80. The van der Waals surface area contributed by atoms with Crippen LogP contribution < -0.4 is 5.32 Å². The maximum Gasteiger partial charge on any atom is 0.0726 e. The van der Waals surface area contributed by atoms with Crippen LogP contribution in [0.4, 0.5) is 0 Å². The van der Waals surface area contributed by atoms with Crippen molar-refractivity contribution in [3.8, 4) is 0 Å². The molecule has 2 rings (SSSR count). The van der Waals surface area contributed by atoms with Crippen molar-refractivity contribution in [1.82, 2.24) is 5.32 Å². The Bertz CT molecular complexity index is 254.